The summed E-state index contributed by atoms with van der Waals surface area (Å²) in [5.41, 5.74) is 2.06. The number of rotatable bonds is 4. The van der Waals surface area contributed by atoms with Crippen LogP contribution in [0.1, 0.15) is 28.7 Å². The summed E-state index contributed by atoms with van der Waals surface area (Å²) in [4.78, 5) is 11.6. The monoisotopic (exact) mass is 323 g/mol. The first-order valence-corrected chi connectivity index (χ1v) is 6.72. The molecule has 0 spiro atoms. The van der Waals surface area contributed by atoms with Crippen molar-refractivity contribution < 1.29 is 9.53 Å². The highest BCUT2D eigenvalue weighted by Crippen LogP contribution is 2.14. The third-order valence-electron chi connectivity index (χ3n) is 2.67. The number of hydrogen-bond donors (Lipinski definition) is 0. The Balaban J connectivity index is 2.20. The largest absolute Gasteiger partial charge is 0.461 e. The van der Waals surface area contributed by atoms with Crippen molar-refractivity contribution in [1.29, 1.82) is 0 Å². The molecule has 2 aromatic rings. The van der Waals surface area contributed by atoms with Crippen molar-refractivity contribution in [3.63, 3.8) is 0 Å². The van der Waals surface area contributed by atoms with E-state index < -0.39 is 5.97 Å². The van der Waals surface area contributed by atoms with Crippen molar-refractivity contribution in [2.45, 2.75) is 20.4 Å². The van der Waals surface area contributed by atoms with Crippen LogP contribution in [-0.2, 0) is 11.3 Å². The summed E-state index contributed by atoms with van der Waals surface area (Å²) in [6.45, 7) is 4.47. The molecular weight excluding hydrogens is 310 g/mol. The fourth-order valence-corrected chi connectivity index (χ4v) is 2.15. The Kier molecular flexibility index (Phi) is 4.31. The topological polar surface area (TPSA) is 57.0 Å². The van der Waals surface area contributed by atoms with Gasteiger partial charge in [-0.15, -0.1) is 5.10 Å². The molecule has 0 aliphatic heterocycles. The van der Waals surface area contributed by atoms with E-state index in [2.05, 4.69) is 26.2 Å². The highest BCUT2D eigenvalue weighted by molar-refractivity contribution is 9.10. The molecule has 0 saturated heterocycles. The van der Waals surface area contributed by atoms with E-state index in [4.69, 9.17) is 4.74 Å². The van der Waals surface area contributed by atoms with Crippen molar-refractivity contribution in [2.75, 3.05) is 6.61 Å². The lowest BCUT2D eigenvalue weighted by Gasteiger charge is -2.04. The Morgan fingerprint density at radius 2 is 2.26 bits per heavy atom. The smallest absolute Gasteiger partial charge is 0.360 e. The lowest BCUT2D eigenvalue weighted by molar-refractivity contribution is 0.0518. The summed E-state index contributed by atoms with van der Waals surface area (Å²) in [6, 6.07) is 7.92. The van der Waals surface area contributed by atoms with Crippen molar-refractivity contribution in [3.8, 4) is 0 Å². The molecule has 6 heteroatoms. The minimum atomic E-state index is -0.430. The molecule has 0 amide bonds. The zero-order valence-corrected chi connectivity index (χ0v) is 12.3. The first-order chi connectivity index (χ1) is 9.11. The molecule has 1 aromatic heterocycles. The third-order valence-corrected chi connectivity index (χ3v) is 3.17. The Morgan fingerprint density at radius 3 is 2.95 bits per heavy atom. The molecule has 0 aliphatic carbocycles. The van der Waals surface area contributed by atoms with Gasteiger partial charge in [-0.2, -0.15) is 0 Å². The van der Waals surface area contributed by atoms with Gasteiger partial charge in [0, 0.05) is 4.47 Å². The fourth-order valence-electron chi connectivity index (χ4n) is 1.71. The number of ether oxygens (including phenoxy) is 1. The summed E-state index contributed by atoms with van der Waals surface area (Å²) in [7, 11) is 0. The van der Waals surface area contributed by atoms with Gasteiger partial charge in [0.05, 0.1) is 18.8 Å². The number of hydrogen-bond acceptors (Lipinski definition) is 4. The van der Waals surface area contributed by atoms with Gasteiger partial charge in [0.2, 0.25) is 0 Å². The number of esters is 1. The van der Waals surface area contributed by atoms with Gasteiger partial charge in [-0.25, -0.2) is 9.48 Å². The lowest BCUT2D eigenvalue weighted by Crippen LogP contribution is -2.08. The van der Waals surface area contributed by atoms with E-state index >= 15 is 0 Å². The quantitative estimate of drug-likeness (QED) is 0.811. The van der Waals surface area contributed by atoms with Crippen LogP contribution in [0.2, 0.25) is 0 Å². The molecule has 0 atom stereocenters. The Bertz CT molecular complexity index is 595. The van der Waals surface area contributed by atoms with Crippen molar-refractivity contribution >= 4 is 21.9 Å². The molecule has 0 aliphatic rings. The van der Waals surface area contributed by atoms with Gasteiger partial charge in [-0.3, -0.25) is 0 Å². The second-order valence-corrected chi connectivity index (χ2v) is 4.95. The Labute approximate surface area is 119 Å². The molecular formula is C13H14BrN3O2. The van der Waals surface area contributed by atoms with Crippen LogP contribution in [0.5, 0.6) is 0 Å². The minimum Gasteiger partial charge on any atom is -0.461 e. The van der Waals surface area contributed by atoms with E-state index in [1.165, 1.54) is 0 Å². The average Bonchev–Trinajstić information content (AvgIpc) is 2.71. The predicted molar refractivity (Wildman–Crippen MR) is 74.0 cm³/mol. The fraction of sp³-hybridized carbons (Fsp3) is 0.308. The van der Waals surface area contributed by atoms with Gasteiger partial charge in [0.15, 0.2) is 5.69 Å². The van der Waals surface area contributed by atoms with Crippen LogP contribution < -0.4 is 0 Å². The second kappa shape index (κ2) is 5.97. The number of carbonyl (C=O) groups is 1. The summed E-state index contributed by atoms with van der Waals surface area (Å²) in [5.74, 6) is -0.430. The van der Waals surface area contributed by atoms with Crippen LogP contribution in [-0.4, -0.2) is 27.6 Å². The Hall–Kier alpha value is -1.69. The van der Waals surface area contributed by atoms with E-state index in [1.54, 1.807) is 11.6 Å². The first-order valence-electron chi connectivity index (χ1n) is 5.93. The summed E-state index contributed by atoms with van der Waals surface area (Å²) in [5, 5.41) is 7.87. The van der Waals surface area contributed by atoms with Crippen molar-refractivity contribution in [3.05, 3.63) is 45.7 Å². The normalized spacial score (nSPS) is 10.5. The first kappa shape index (κ1) is 13.7. The molecule has 2 rings (SSSR count). The van der Waals surface area contributed by atoms with Crippen LogP contribution >= 0.6 is 15.9 Å². The van der Waals surface area contributed by atoms with Gasteiger partial charge in [-0.1, -0.05) is 33.3 Å². The zero-order valence-electron chi connectivity index (χ0n) is 10.8. The van der Waals surface area contributed by atoms with Gasteiger partial charge in [-0.05, 0) is 31.5 Å². The van der Waals surface area contributed by atoms with Crippen molar-refractivity contribution in [2.24, 2.45) is 0 Å². The molecule has 0 fully saturated rings. The van der Waals surface area contributed by atoms with E-state index in [1.807, 2.05) is 31.2 Å². The van der Waals surface area contributed by atoms with Crippen LogP contribution in [0.25, 0.3) is 0 Å². The molecule has 100 valence electrons. The summed E-state index contributed by atoms with van der Waals surface area (Å²) >= 11 is 3.42. The number of aromatic nitrogens is 3. The second-order valence-electron chi connectivity index (χ2n) is 4.03. The predicted octanol–water partition coefficient (Wildman–Crippen LogP) is 2.57. The van der Waals surface area contributed by atoms with Crippen LogP contribution in [0.15, 0.2) is 28.7 Å². The van der Waals surface area contributed by atoms with E-state index in [0.717, 1.165) is 10.0 Å². The van der Waals surface area contributed by atoms with E-state index in [-0.39, 0.29) is 5.69 Å². The molecule has 1 aromatic carbocycles. The maximum absolute atomic E-state index is 11.6. The van der Waals surface area contributed by atoms with E-state index in [9.17, 15) is 4.79 Å². The molecule has 1 heterocycles. The third kappa shape index (κ3) is 3.20. The van der Waals surface area contributed by atoms with Crippen LogP contribution in [0.3, 0.4) is 0 Å². The molecule has 0 radical (unpaired) electrons. The molecule has 0 unspecified atom stereocenters. The number of nitrogens with zero attached hydrogens (tertiary/aromatic N) is 3. The standard InChI is InChI=1S/C13H14BrN3O2/c1-3-19-13(18)12-9(2)17(16-15-12)8-10-5-4-6-11(14)7-10/h4-7H,3,8H2,1-2H3. The van der Waals surface area contributed by atoms with Crippen LogP contribution in [0.4, 0.5) is 0 Å². The summed E-state index contributed by atoms with van der Waals surface area (Å²) < 4.78 is 7.63. The molecule has 19 heavy (non-hydrogen) atoms. The highest BCUT2D eigenvalue weighted by Gasteiger charge is 2.17. The zero-order chi connectivity index (χ0) is 13.8. The highest BCUT2D eigenvalue weighted by atomic mass is 79.9. The van der Waals surface area contributed by atoms with Crippen molar-refractivity contribution in [1.82, 2.24) is 15.0 Å². The number of halogens is 1. The SMILES string of the molecule is CCOC(=O)c1nnn(Cc2cccc(Br)c2)c1C. The molecule has 0 bridgehead atoms. The molecule has 0 saturated carbocycles. The summed E-state index contributed by atoms with van der Waals surface area (Å²) in [6.07, 6.45) is 0. The number of benzene rings is 1. The van der Waals surface area contributed by atoms with Gasteiger partial charge < -0.3 is 4.74 Å². The molecule has 5 nitrogen and oxygen atoms in total. The minimum absolute atomic E-state index is 0.275. The maximum Gasteiger partial charge on any atom is 0.360 e. The lowest BCUT2D eigenvalue weighted by atomic mass is 10.2. The van der Waals surface area contributed by atoms with Gasteiger partial charge >= 0.3 is 5.97 Å². The van der Waals surface area contributed by atoms with Gasteiger partial charge in [0.1, 0.15) is 0 Å². The number of carbonyl (C=O) groups excluding carboxylic acids is 1. The molecule has 0 N–H and O–H groups in total. The van der Waals surface area contributed by atoms with E-state index in [0.29, 0.717) is 18.8 Å². The van der Waals surface area contributed by atoms with Gasteiger partial charge in [0.25, 0.3) is 0 Å². The maximum atomic E-state index is 11.6. The Morgan fingerprint density at radius 1 is 1.47 bits per heavy atom. The average molecular weight is 324 g/mol. The van der Waals surface area contributed by atoms with Crippen LogP contribution in [0, 0.1) is 6.92 Å².